The van der Waals surface area contributed by atoms with Crippen LogP contribution in [0.3, 0.4) is 0 Å². The Morgan fingerprint density at radius 2 is 1.65 bits per heavy atom. The Labute approximate surface area is 103 Å². The van der Waals surface area contributed by atoms with E-state index in [0.717, 1.165) is 25.2 Å². The number of ketones is 1. The van der Waals surface area contributed by atoms with Gasteiger partial charge in [0.05, 0.1) is 0 Å². The van der Waals surface area contributed by atoms with E-state index in [0.29, 0.717) is 5.78 Å². The van der Waals surface area contributed by atoms with Crippen molar-refractivity contribution in [3.63, 3.8) is 0 Å². The standard InChI is InChI=1S/C16H20O/c17-16-11-4-3-10-15(16)14-9-2-1-8-13(14)12-6-5-7-12/h1-2,8-9,12,15H,3-7,10-11H2. The van der Waals surface area contributed by atoms with Crippen molar-refractivity contribution < 1.29 is 4.79 Å². The fourth-order valence-corrected chi connectivity index (χ4v) is 3.23. The van der Waals surface area contributed by atoms with Crippen molar-refractivity contribution in [1.29, 1.82) is 0 Å². The molecule has 0 saturated heterocycles. The highest BCUT2D eigenvalue weighted by Crippen LogP contribution is 2.42. The highest BCUT2D eigenvalue weighted by atomic mass is 16.1. The summed E-state index contributed by atoms with van der Waals surface area (Å²) < 4.78 is 0. The first-order valence-electron chi connectivity index (χ1n) is 6.98. The third-order valence-corrected chi connectivity index (χ3v) is 4.47. The lowest BCUT2D eigenvalue weighted by atomic mass is 9.73. The molecule has 2 aliphatic rings. The van der Waals surface area contributed by atoms with Gasteiger partial charge >= 0.3 is 0 Å². The zero-order valence-electron chi connectivity index (χ0n) is 10.3. The summed E-state index contributed by atoms with van der Waals surface area (Å²) in [5.74, 6) is 1.42. The van der Waals surface area contributed by atoms with Crippen LogP contribution in [-0.4, -0.2) is 5.78 Å². The molecular weight excluding hydrogens is 208 g/mol. The van der Waals surface area contributed by atoms with Gasteiger partial charge < -0.3 is 0 Å². The molecule has 17 heavy (non-hydrogen) atoms. The fraction of sp³-hybridized carbons (Fsp3) is 0.562. The van der Waals surface area contributed by atoms with Crippen LogP contribution in [0.15, 0.2) is 24.3 Å². The fourth-order valence-electron chi connectivity index (χ4n) is 3.23. The molecule has 1 heteroatoms. The van der Waals surface area contributed by atoms with Crippen molar-refractivity contribution in [2.24, 2.45) is 0 Å². The third-order valence-electron chi connectivity index (χ3n) is 4.47. The van der Waals surface area contributed by atoms with Crippen molar-refractivity contribution in [2.75, 3.05) is 0 Å². The van der Waals surface area contributed by atoms with Crippen LogP contribution in [0.25, 0.3) is 0 Å². The molecular formula is C16H20O. The van der Waals surface area contributed by atoms with Crippen LogP contribution in [-0.2, 0) is 4.79 Å². The number of Topliss-reactive ketones (excluding diaryl/α,β-unsaturated/α-hetero) is 1. The zero-order chi connectivity index (χ0) is 11.7. The Morgan fingerprint density at radius 3 is 2.29 bits per heavy atom. The number of carbonyl (C=O) groups is 1. The molecule has 3 rings (SSSR count). The van der Waals surface area contributed by atoms with Gasteiger partial charge in [0.15, 0.2) is 0 Å². The Balaban J connectivity index is 1.92. The lowest BCUT2D eigenvalue weighted by Crippen LogP contribution is -2.20. The first-order valence-corrected chi connectivity index (χ1v) is 6.98. The molecule has 2 saturated carbocycles. The molecule has 0 heterocycles. The number of carbonyl (C=O) groups excluding carboxylic acids is 1. The van der Waals surface area contributed by atoms with E-state index in [1.165, 1.54) is 36.8 Å². The second-order valence-electron chi connectivity index (χ2n) is 5.52. The first kappa shape index (κ1) is 11.0. The maximum Gasteiger partial charge on any atom is 0.140 e. The van der Waals surface area contributed by atoms with Crippen molar-refractivity contribution >= 4 is 5.78 Å². The van der Waals surface area contributed by atoms with E-state index in [1.807, 2.05) is 0 Å². The lowest BCUT2D eigenvalue weighted by Gasteiger charge is -2.31. The average molecular weight is 228 g/mol. The van der Waals surface area contributed by atoms with Crippen LogP contribution in [0, 0.1) is 0 Å². The van der Waals surface area contributed by atoms with Crippen molar-refractivity contribution in [3.05, 3.63) is 35.4 Å². The number of rotatable bonds is 2. The SMILES string of the molecule is O=C1CCCCC1c1ccccc1C1CCC1. The summed E-state index contributed by atoms with van der Waals surface area (Å²) >= 11 is 0. The molecule has 1 aromatic carbocycles. The van der Waals surface area contributed by atoms with Crippen LogP contribution in [0.1, 0.15) is 67.9 Å². The van der Waals surface area contributed by atoms with Gasteiger partial charge in [-0.3, -0.25) is 4.79 Å². The van der Waals surface area contributed by atoms with Gasteiger partial charge in [-0.15, -0.1) is 0 Å². The van der Waals surface area contributed by atoms with Crippen molar-refractivity contribution in [3.8, 4) is 0 Å². The van der Waals surface area contributed by atoms with E-state index < -0.39 is 0 Å². The summed E-state index contributed by atoms with van der Waals surface area (Å²) in [5, 5.41) is 0. The predicted octanol–water partition coefficient (Wildman–Crippen LogP) is 4.18. The monoisotopic (exact) mass is 228 g/mol. The highest BCUT2D eigenvalue weighted by molar-refractivity contribution is 5.86. The maximum atomic E-state index is 12.1. The van der Waals surface area contributed by atoms with Gasteiger partial charge in [0.2, 0.25) is 0 Å². The molecule has 1 nitrogen and oxygen atoms in total. The van der Waals surface area contributed by atoms with Crippen LogP contribution >= 0.6 is 0 Å². The second kappa shape index (κ2) is 4.64. The minimum atomic E-state index is 0.209. The Bertz CT molecular complexity index is 417. The highest BCUT2D eigenvalue weighted by Gasteiger charge is 2.29. The minimum Gasteiger partial charge on any atom is -0.299 e. The lowest BCUT2D eigenvalue weighted by molar-refractivity contribution is -0.121. The van der Waals surface area contributed by atoms with E-state index in [4.69, 9.17) is 0 Å². The van der Waals surface area contributed by atoms with E-state index in [2.05, 4.69) is 24.3 Å². The Hall–Kier alpha value is -1.11. The van der Waals surface area contributed by atoms with Gasteiger partial charge in [0.1, 0.15) is 5.78 Å². The molecule has 0 radical (unpaired) electrons. The normalized spacial score (nSPS) is 25.6. The Kier molecular flexibility index (Phi) is 3.00. The van der Waals surface area contributed by atoms with Gasteiger partial charge in [-0.05, 0) is 42.7 Å². The molecule has 0 aromatic heterocycles. The third kappa shape index (κ3) is 2.03. The van der Waals surface area contributed by atoms with Crippen LogP contribution in [0.2, 0.25) is 0 Å². The van der Waals surface area contributed by atoms with Crippen LogP contribution < -0.4 is 0 Å². The molecule has 1 aromatic rings. The zero-order valence-corrected chi connectivity index (χ0v) is 10.3. The first-order chi connectivity index (χ1) is 8.36. The topological polar surface area (TPSA) is 17.1 Å². The Morgan fingerprint density at radius 1 is 0.882 bits per heavy atom. The van der Waals surface area contributed by atoms with Gasteiger partial charge in [0, 0.05) is 12.3 Å². The molecule has 1 atom stereocenters. The second-order valence-corrected chi connectivity index (χ2v) is 5.52. The summed E-state index contributed by atoms with van der Waals surface area (Å²) in [7, 11) is 0. The molecule has 0 amide bonds. The molecule has 0 bridgehead atoms. The summed E-state index contributed by atoms with van der Waals surface area (Å²) in [6.07, 6.45) is 8.18. The largest absolute Gasteiger partial charge is 0.299 e. The van der Waals surface area contributed by atoms with E-state index in [9.17, 15) is 4.79 Å². The number of hydrogen-bond acceptors (Lipinski definition) is 1. The summed E-state index contributed by atoms with van der Waals surface area (Å²) in [4.78, 5) is 12.1. The number of hydrogen-bond donors (Lipinski definition) is 0. The summed E-state index contributed by atoms with van der Waals surface area (Å²) in [5.41, 5.74) is 2.82. The molecule has 0 aliphatic heterocycles. The smallest absolute Gasteiger partial charge is 0.140 e. The quantitative estimate of drug-likeness (QED) is 0.742. The molecule has 2 fully saturated rings. The van der Waals surface area contributed by atoms with Gasteiger partial charge in [-0.25, -0.2) is 0 Å². The van der Waals surface area contributed by atoms with Gasteiger partial charge in [-0.1, -0.05) is 37.1 Å². The van der Waals surface area contributed by atoms with E-state index in [-0.39, 0.29) is 5.92 Å². The van der Waals surface area contributed by atoms with Gasteiger partial charge in [0.25, 0.3) is 0 Å². The van der Waals surface area contributed by atoms with Crippen molar-refractivity contribution in [1.82, 2.24) is 0 Å². The minimum absolute atomic E-state index is 0.209. The maximum absolute atomic E-state index is 12.1. The molecule has 1 unspecified atom stereocenters. The molecule has 0 N–H and O–H groups in total. The van der Waals surface area contributed by atoms with E-state index >= 15 is 0 Å². The van der Waals surface area contributed by atoms with Crippen LogP contribution in [0.5, 0.6) is 0 Å². The van der Waals surface area contributed by atoms with E-state index in [1.54, 1.807) is 0 Å². The number of benzene rings is 1. The average Bonchev–Trinajstić information content (AvgIpc) is 2.29. The van der Waals surface area contributed by atoms with Gasteiger partial charge in [-0.2, -0.15) is 0 Å². The molecule has 0 spiro atoms. The van der Waals surface area contributed by atoms with Crippen LogP contribution in [0.4, 0.5) is 0 Å². The molecule has 90 valence electrons. The summed E-state index contributed by atoms with van der Waals surface area (Å²) in [6, 6.07) is 8.67. The summed E-state index contributed by atoms with van der Waals surface area (Å²) in [6.45, 7) is 0. The van der Waals surface area contributed by atoms with Crippen molar-refractivity contribution in [2.45, 2.75) is 56.8 Å². The molecule has 2 aliphatic carbocycles. The predicted molar refractivity (Wildman–Crippen MR) is 69.3 cm³/mol.